The minimum Gasteiger partial charge on any atom is -0.532 e. The lowest BCUT2D eigenvalue weighted by Gasteiger charge is -2.18. The van der Waals surface area contributed by atoms with Crippen LogP contribution in [0.25, 0.3) is 0 Å². The first-order valence-electron chi connectivity index (χ1n) is 4.83. The molecule has 0 spiro atoms. The van der Waals surface area contributed by atoms with Gasteiger partial charge >= 0.3 is 0 Å². The Kier molecular flexibility index (Phi) is 4.84. The van der Waals surface area contributed by atoms with Crippen molar-refractivity contribution in [3.8, 4) is 0 Å². The van der Waals surface area contributed by atoms with Crippen molar-refractivity contribution in [1.82, 2.24) is 0 Å². The van der Waals surface area contributed by atoms with Gasteiger partial charge in [0.15, 0.2) is 5.88 Å². The maximum Gasteiger partial charge on any atom is 0.244 e. The molecule has 0 rings (SSSR count). The quantitative estimate of drug-likeness (QED) is 0.387. The van der Waals surface area contributed by atoms with Gasteiger partial charge in [0.05, 0.1) is 0 Å². The van der Waals surface area contributed by atoms with Crippen molar-refractivity contribution < 1.29 is 4.43 Å². The largest absolute Gasteiger partial charge is 0.532 e. The highest BCUT2D eigenvalue weighted by Crippen LogP contribution is 2.10. The molecule has 0 saturated heterocycles. The van der Waals surface area contributed by atoms with Crippen LogP contribution in [-0.2, 0) is 4.43 Å². The smallest absolute Gasteiger partial charge is 0.244 e. The van der Waals surface area contributed by atoms with Gasteiger partial charge in [0, 0.05) is 6.21 Å². The molecule has 0 aromatic heterocycles. The van der Waals surface area contributed by atoms with Crippen LogP contribution in [-0.4, -0.2) is 14.5 Å². The average Bonchev–Trinajstić information content (AvgIpc) is 1.96. The Balaban J connectivity index is 4.14. The number of aliphatic imine (C=N–C) groups is 1. The molecule has 0 aliphatic carbocycles. The molecule has 0 heterocycles. The zero-order valence-electron chi connectivity index (χ0n) is 9.92. The molecule has 0 bridgehead atoms. The van der Waals surface area contributed by atoms with Gasteiger partial charge in [-0.05, 0) is 37.7 Å². The van der Waals surface area contributed by atoms with Crippen molar-refractivity contribution in [2.75, 3.05) is 0 Å². The molecule has 14 heavy (non-hydrogen) atoms. The predicted molar refractivity (Wildman–Crippen MR) is 66.0 cm³/mol. The third-order valence-corrected chi connectivity index (χ3v) is 2.39. The summed E-state index contributed by atoms with van der Waals surface area (Å²) in [7, 11) is -1.56. The second-order valence-corrected chi connectivity index (χ2v) is 9.02. The zero-order chi connectivity index (χ0) is 11.4. The van der Waals surface area contributed by atoms with Crippen molar-refractivity contribution in [1.29, 1.82) is 0 Å². The summed E-state index contributed by atoms with van der Waals surface area (Å²) < 4.78 is 5.57. The molecule has 80 valence electrons. The Morgan fingerprint density at radius 3 is 2.14 bits per heavy atom. The van der Waals surface area contributed by atoms with Crippen molar-refractivity contribution in [3.05, 3.63) is 24.6 Å². The molecule has 2 nitrogen and oxygen atoms in total. The number of rotatable bonds is 5. The molecule has 3 heteroatoms. The van der Waals surface area contributed by atoms with Crippen molar-refractivity contribution in [3.63, 3.8) is 0 Å². The van der Waals surface area contributed by atoms with Crippen LogP contribution in [0.15, 0.2) is 29.6 Å². The van der Waals surface area contributed by atoms with E-state index in [9.17, 15) is 0 Å². The van der Waals surface area contributed by atoms with E-state index in [2.05, 4.69) is 51.6 Å². The molecule has 0 unspecified atom stereocenters. The van der Waals surface area contributed by atoms with Gasteiger partial charge in [-0.1, -0.05) is 20.4 Å². The van der Waals surface area contributed by atoms with E-state index in [0.29, 0.717) is 11.8 Å². The highest BCUT2D eigenvalue weighted by Gasteiger charge is 2.16. The monoisotopic (exact) mass is 211 g/mol. The van der Waals surface area contributed by atoms with Crippen molar-refractivity contribution in [2.24, 2.45) is 10.9 Å². The molecule has 0 amide bonds. The molecule has 0 atom stereocenters. The summed E-state index contributed by atoms with van der Waals surface area (Å²) in [6.07, 6.45) is 1.73. The van der Waals surface area contributed by atoms with Gasteiger partial charge in [0.1, 0.15) is 0 Å². The Morgan fingerprint density at radius 2 is 1.79 bits per heavy atom. The first-order valence-corrected chi connectivity index (χ1v) is 8.24. The van der Waals surface area contributed by atoms with E-state index in [1.807, 2.05) is 0 Å². The fourth-order valence-corrected chi connectivity index (χ4v) is 1.44. The van der Waals surface area contributed by atoms with Crippen LogP contribution in [0.1, 0.15) is 13.8 Å². The summed E-state index contributed by atoms with van der Waals surface area (Å²) in [4.78, 5) is 4.12. The molecule has 0 fully saturated rings. The molecular weight excluding hydrogens is 190 g/mol. The highest BCUT2D eigenvalue weighted by atomic mass is 28.4. The van der Waals surface area contributed by atoms with E-state index in [0.717, 1.165) is 5.57 Å². The van der Waals surface area contributed by atoms with Gasteiger partial charge in [-0.3, -0.25) is 0 Å². The maximum absolute atomic E-state index is 5.57. The molecule has 0 aliphatic heterocycles. The van der Waals surface area contributed by atoms with Crippen LogP contribution in [0.2, 0.25) is 19.6 Å². The molecule has 0 aliphatic rings. The SMILES string of the molecule is C=C(/N=C/C(=C)C(C)C)O[Si](C)(C)C. The first kappa shape index (κ1) is 13.2. The van der Waals surface area contributed by atoms with Crippen LogP contribution in [0.5, 0.6) is 0 Å². The normalized spacial score (nSPS) is 12.1. The average molecular weight is 211 g/mol. The molecule has 0 aromatic carbocycles. The lowest BCUT2D eigenvalue weighted by atomic mass is 10.1. The van der Waals surface area contributed by atoms with E-state index in [4.69, 9.17) is 4.43 Å². The molecule has 0 aromatic rings. The molecular formula is C11H21NOSi. The molecule has 0 saturated carbocycles. The minimum atomic E-state index is -1.56. The third-order valence-electron chi connectivity index (χ3n) is 1.54. The fraction of sp³-hybridized carbons (Fsp3) is 0.545. The lowest BCUT2D eigenvalue weighted by Crippen LogP contribution is -2.24. The summed E-state index contributed by atoms with van der Waals surface area (Å²) >= 11 is 0. The number of hydrogen-bond acceptors (Lipinski definition) is 2. The third kappa shape index (κ3) is 6.66. The van der Waals surface area contributed by atoms with Gasteiger partial charge in [-0.2, -0.15) is 0 Å². The van der Waals surface area contributed by atoms with E-state index in [-0.39, 0.29) is 0 Å². The summed E-state index contributed by atoms with van der Waals surface area (Å²) in [6, 6.07) is 0. The standard InChI is InChI=1S/C11H21NOSi/c1-9(2)10(3)8-12-11(4)13-14(5,6)7/h8-9H,3-4H2,1-2,5-7H3/b12-8+. The van der Waals surface area contributed by atoms with E-state index in [1.165, 1.54) is 0 Å². The number of allylic oxidation sites excluding steroid dienone is 1. The summed E-state index contributed by atoms with van der Waals surface area (Å²) in [5, 5.41) is 0. The van der Waals surface area contributed by atoms with Crippen LogP contribution >= 0.6 is 0 Å². The van der Waals surface area contributed by atoms with Gasteiger partial charge in [0.25, 0.3) is 0 Å². The van der Waals surface area contributed by atoms with Gasteiger partial charge in [0.2, 0.25) is 8.32 Å². The highest BCUT2D eigenvalue weighted by molar-refractivity contribution is 6.70. The first-order chi connectivity index (χ1) is 6.22. The van der Waals surface area contributed by atoms with E-state index < -0.39 is 8.32 Å². The van der Waals surface area contributed by atoms with Crippen LogP contribution in [0, 0.1) is 5.92 Å². The van der Waals surface area contributed by atoms with Crippen LogP contribution in [0.3, 0.4) is 0 Å². The van der Waals surface area contributed by atoms with Crippen LogP contribution < -0.4 is 0 Å². The number of nitrogens with zero attached hydrogens (tertiary/aromatic N) is 1. The predicted octanol–water partition coefficient (Wildman–Crippen LogP) is 3.59. The van der Waals surface area contributed by atoms with Crippen LogP contribution in [0.4, 0.5) is 0 Å². The van der Waals surface area contributed by atoms with E-state index in [1.54, 1.807) is 6.21 Å². The lowest BCUT2D eigenvalue weighted by molar-refractivity contribution is 0.421. The fourth-order valence-electron chi connectivity index (χ4n) is 0.684. The Labute approximate surface area is 88.5 Å². The topological polar surface area (TPSA) is 21.6 Å². The maximum atomic E-state index is 5.57. The summed E-state index contributed by atoms with van der Waals surface area (Å²) in [5.74, 6) is 0.907. The van der Waals surface area contributed by atoms with Gasteiger partial charge < -0.3 is 4.43 Å². The number of hydrogen-bond donors (Lipinski definition) is 0. The Morgan fingerprint density at radius 1 is 1.29 bits per heavy atom. The van der Waals surface area contributed by atoms with Gasteiger partial charge in [-0.15, -0.1) is 0 Å². The zero-order valence-corrected chi connectivity index (χ0v) is 10.9. The van der Waals surface area contributed by atoms with Crippen molar-refractivity contribution in [2.45, 2.75) is 33.5 Å². The second-order valence-electron chi connectivity index (χ2n) is 4.60. The van der Waals surface area contributed by atoms with Crippen molar-refractivity contribution >= 4 is 14.5 Å². The van der Waals surface area contributed by atoms with E-state index >= 15 is 0 Å². The Hall–Kier alpha value is -0.833. The molecule has 0 N–H and O–H groups in total. The second kappa shape index (κ2) is 5.15. The van der Waals surface area contributed by atoms with Gasteiger partial charge in [-0.25, -0.2) is 4.99 Å². The summed E-state index contributed by atoms with van der Waals surface area (Å²) in [5.41, 5.74) is 0.991. The molecule has 0 radical (unpaired) electrons. The summed E-state index contributed by atoms with van der Waals surface area (Å²) in [6.45, 7) is 18.1. The Bertz CT molecular complexity index is 249. The minimum absolute atomic E-state index is 0.415.